The lowest BCUT2D eigenvalue weighted by Gasteiger charge is -2.17. The molecular formula is C15H21O2P. The lowest BCUT2D eigenvalue weighted by molar-refractivity contribution is 0.340. The summed E-state index contributed by atoms with van der Waals surface area (Å²) in [6.45, 7) is 5.98. The highest BCUT2D eigenvalue weighted by Crippen LogP contribution is 2.46. The molecule has 0 aliphatic heterocycles. The third kappa shape index (κ3) is 4.64. The summed E-state index contributed by atoms with van der Waals surface area (Å²) < 4.78 is 18.3. The highest BCUT2D eigenvalue weighted by Gasteiger charge is 2.24. The summed E-state index contributed by atoms with van der Waals surface area (Å²) in [6.07, 6.45) is 8.04. The van der Waals surface area contributed by atoms with Gasteiger partial charge in [0.1, 0.15) is 0 Å². The van der Waals surface area contributed by atoms with Crippen LogP contribution in [0, 0.1) is 0 Å². The molecule has 0 spiro atoms. The molecule has 0 saturated heterocycles. The van der Waals surface area contributed by atoms with Crippen LogP contribution in [0.5, 0.6) is 0 Å². The minimum atomic E-state index is -2.68. The van der Waals surface area contributed by atoms with E-state index >= 15 is 0 Å². The summed E-state index contributed by atoms with van der Waals surface area (Å²) in [5.74, 6) is 0. The predicted molar refractivity (Wildman–Crippen MR) is 78.7 cm³/mol. The summed E-state index contributed by atoms with van der Waals surface area (Å²) in [7, 11) is -2.68. The second kappa shape index (κ2) is 8.07. The maximum Gasteiger partial charge on any atom is 0.232 e. The number of hydrogen-bond acceptors (Lipinski definition) is 2. The molecular weight excluding hydrogens is 243 g/mol. The maximum atomic E-state index is 12.8. The van der Waals surface area contributed by atoms with Crippen LogP contribution in [0.3, 0.4) is 0 Å². The van der Waals surface area contributed by atoms with Crippen LogP contribution in [0.4, 0.5) is 0 Å². The Morgan fingerprint density at radius 3 is 2.67 bits per heavy atom. The Morgan fingerprint density at radius 2 is 2.06 bits per heavy atom. The van der Waals surface area contributed by atoms with Gasteiger partial charge >= 0.3 is 0 Å². The number of allylic oxidation sites excluding steroid dienone is 3. The smallest absolute Gasteiger partial charge is 0.232 e. The van der Waals surface area contributed by atoms with Crippen molar-refractivity contribution in [3.8, 4) is 0 Å². The average Bonchev–Trinajstić information content (AvgIpc) is 2.40. The van der Waals surface area contributed by atoms with Crippen molar-refractivity contribution >= 4 is 12.7 Å². The molecule has 1 unspecified atom stereocenters. The second-order valence-corrected chi connectivity index (χ2v) is 6.53. The third-order valence-corrected chi connectivity index (χ3v) is 5.25. The largest absolute Gasteiger partial charge is 0.326 e. The fraction of sp³-hybridized carbons (Fsp3) is 0.333. The molecule has 0 heterocycles. The van der Waals surface area contributed by atoms with E-state index in [0.29, 0.717) is 12.8 Å². The molecule has 0 fully saturated rings. The van der Waals surface area contributed by atoms with E-state index in [2.05, 4.69) is 6.58 Å². The summed E-state index contributed by atoms with van der Waals surface area (Å²) in [6, 6.07) is 9.50. The van der Waals surface area contributed by atoms with Crippen molar-refractivity contribution in [2.75, 3.05) is 12.8 Å². The monoisotopic (exact) mass is 264 g/mol. The van der Waals surface area contributed by atoms with Gasteiger partial charge in [-0.25, -0.2) is 0 Å². The van der Waals surface area contributed by atoms with Gasteiger partial charge in [0.05, 0.1) is 6.61 Å². The van der Waals surface area contributed by atoms with Gasteiger partial charge in [0, 0.05) is 11.5 Å². The van der Waals surface area contributed by atoms with E-state index in [1.54, 1.807) is 6.08 Å². The molecule has 1 aromatic rings. The molecule has 1 atom stereocenters. The van der Waals surface area contributed by atoms with Crippen LogP contribution < -0.4 is 5.30 Å². The van der Waals surface area contributed by atoms with Gasteiger partial charge in [0.25, 0.3) is 0 Å². The first kappa shape index (κ1) is 14.9. The maximum absolute atomic E-state index is 12.8. The van der Waals surface area contributed by atoms with Crippen molar-refractivity contribution in [1.82, 2.24) is 0 Å². The Balaban J connectivity index is 2.66. The van der Waals surface area contributed by atoms with Crippen molar-refractivity contribution in [3.05, 3.63) is 55.1 Å². The summed E-state index contributed by atoms with van der Waals surface area (Å²) in [4.78, 5) is 0. The molecule has 0 amide bonds. The quantitative estimate of drug-likeness (QED) is 0.400. The summed E-state index contributed by atoms with van der Waals surface area (Å²) in [5.41, 5.74) is 0. The van der Waals surface area contributed by atoms with Crippen molar-refractivity contribution in [3.63, 3.8) is 0 Å². The molecule has 2 nitrogen and oxygen atoms in total. The van der Waals surface area contributed by atoms with E-state index in [4.69, 9.17) is 4.52 Å². The van der Waals surface area contributed by atoms with Gasteiger partial charge in [-0.05, 0) is 31.9 Å². The molecule has 0 saturated carbocycles. The van der Waals surface area contributed by atoms with Crippen LogP contribution in [0.1, 0.15) is 19.8 Å². The molecule has 1 rings (SSSR count). The van der Waals surface area contributed by atoms with Crippen LogP contribution in [0.15, 0.2) is 55.1 Å². The normalized spacial score (nSPS) is 14.5. The lowest BCUT2D eigenvalue weighted by atomic mass is 10.3. The zero-order valence-corrected chi connectivity index (χ0v) is 11.8. The van der Waals surface area contributed by atoms with Crippen molar-refractivity contribution in [2.45, 2.75) is 19.8 Å². The van der Waals surface area contributed by atoms with E-state index in [1.165, 1.54) is 0 Å². The van der Waals surface area contributed by atoms with Gasteiger partial charge in [-0.2, -0.15) is 0 Å². The fourth-order valence-electron chi connectivity index (χ4n) is 1.74. The van der Waals surface area contributed by atoms with Gasteiger partial charge in [0.15, 0.2) is 0 Å². The van der Waals surface area contributed by atoms with Gasteiger partial charge in [-0.1, -0.05) is 43.0 Å². The standard InChI is InChI=1S/C15H21O2P/c1-3-5-6-7-11-14-18(16,17-4-2)15-12-9-8-10-13-15/h3,5-6,8-10,12-13H,1,4,7,11,14H2,2H3/b6-5+. The molecule has 3 heteroatoms. The zero-order chi connectivity index (χ0) is 13.3. The first-order valence-corrected chi connectivity index (χ1v) is 8.10. The van der Waals surface area contributed by atoms with Gasteiger partial charge < -0.3 is 4.52 Å². The molecule has 0 N–H and O–H groups in total. The second-order valence-electron chi connectivity index (χ2n) is 3.96. The average molecular weight is 264 g/mol. The molecule has 0 bridgehead atoms. The molecule has 0 radical (unpaired) electrons. The van der Waals surface area contributed by atoms with Gasteiger partial charge in [0.2, 0.25) is 7.37 Å². The minimum Gasteiger partial charge on any atom is -0.326 e. The molecule has 0 aromatic heterocycles. The number of rotatable bonds is 8. The Kier molecular flexibility index (Phi) is 6.70. The van der Waals surface area contributed by atoms with Crippen LogP contribution in [0.25, 0.3) is 0 Å². The Morgan fingerprint density at radius 1 is 1.33 bits per heavy atom. The molecule has 0 aliphatic rings. The van der Waals surface area contributed by atoms with Crippen LogP contribution in [0.2, 0.25) is 0 Å². The zero-order valence-electron chi connectivity index (χ0n) is 10.9. The number of hydrogen-bond donors (Lipinski definition) is 0. The van der Waals surface area contributed by atoms with Crippen molar-refractivity contribution in [2.24, 2.45) is 0 Å². The first-order valence-electron chi connectivity index (χ1n) is 6.29. The molecule has 0 aliphatic carbocycles. The summed E-state index contributed by atoms with van der Waals surface area (Å²) >= 11 is 0. The van der Waals surface area contributed by atoms with Crippen LogP contribution in [-0.2, 0) is 9.09 Å². The highest BCUT2D eigenvalue weighted by molar-refractivity contribution is 7.67. The lowest BCUT2D eigenvalue weighted by Crippen LogP contribution is -2.10. The van der Waals surface area contributed by atoms with Crippen LogP contribution >= 0.6 is 7.37 Å². The number of benzene rings is 1. The predicted octanol–water partition coefficient (Wildman–Crippen LogP) is 4.15. The van der Waals surface area contributed by atoms with Crippen molar-refractivity contribution < 1.29 is 9.09 Å². The Bertz CT molecular complexity index is 423. The SMILES string of the molecule is C=C/C=C/CCCP(=O)(OCC)c1ccccc1. The minimum absolute atomic E-state index is 0.481. The van der Waals surface area contributed by atoms with E-state index < -0.39 is 7.37 Å². The Labute approximate surface area is 110 Å². The van der Waals surface area contributed by atoms with Crippen molar-refractivity contribution in [1.29, 1.82) is 0 Å². The topological polar surface area (TPSA) is 26.3 Å². The van der Waals surface area contributed by atoms with E-state index in [1.807, 2.05) is 49.4 Å². The Hall–Kier alpha value is -1.11. The van der Waals surface area contributed by atoms with E-state index in [9.17, 15) is 4.57 Å². The third-order valence-electron chi connectivity index (χ3n) is 2.58. The van der Waals surface area contributed by atoms with Gasteiger partial charge in [-0.3, -0.25) is 4.57 Å². The van der Waals surface area contributed by atoms with Crippen LogP contribution in [-0.4, -0.2) is 12.8 Å². The summed E-state index contributed by atoms with van der Waals surface area (Å²) in [5, 5.41) is 0.819. The van der Waals surface area contributed by atoms with E-state index in [0.717, 1.165) is 18.1 Å². The molecule has 18 heavy (non-hydrogen) atoms. The highest BCUT2D eigenvalue weighted by atomic mass is 31.2. The number of unbranched alkanes of at least 4 members (excludes halogenated alkanes) is 1. The molecule has 1 aromatic carbocycles. The van der Waals surface area contributed by atoms with Gasteiger partial charge in [-0.15, -0.1) is 0 Å². The van der Waals surface area contributed by atoms with E-state index in [-0.39, 0.29) is 0 Å². The first-order chi connectivity index (χ1) is 8.73. The fourth-order valence-corrected chi connectivity index (χ4v) is 3.92. The molecule has 98 valence electrons.